The molecule has 0 radical (unpaired) electrons. The maximum atomic E-state index is 12.9. The highest BCUT2D eigenvalue weighted by Crippen LogP contribution is 2.27. The summed E-state index contributed by atoms with van der Waals surface area (Å²) in [5, 5.41) is 3.25. The van der Waals surface area contributed by atoms with Crippen molar-refractivity contribution in [2.75, 3.05) is 32.8 Å². The number of carbonyl (C=O) groups excluding carboxylic acids is 2. The number of nitrogens with zero attached hydrogens (tertiary/aromatic N) is 3. The van der Waals surface area contributed by atoms with E-state index in [9.17, 15) is 9.59 Å². The Labute approximate surface area is 154 Å². The third-order valence-electron chi connectivity index (χ3n) is 5.15. The number of piperidine rings is 1. The van der Waals surface area contributed by atoms with Gasteiger partial charge in [0.15, 0.2) is 0 Å². The van der Waals surface area contributed by atoms with Gasteiger partial charge in [0, 0.05) is 50.4 Å². The highest BCUT2D eigenvalue weighted by molar-refractivity contribution is 5.79. The zero-order chi connectivity index (χ0) is 18.6. The second-order valence-corrected chi connectivity index (χ2v) is 7.42. The van der Waals surface area contributed by atoms with Crippen molar-refractivity contribution in [3.8, 4) is 0 Å². The van der Waals surface area contributed by atoms with E-state index in [1.165, 1.54) is 0 Å². The number of aromatic nitrogens is 1. The molecule has 3 heterocycles. The lowest BCUT2D eigenvalue weighted by Gasteiger charge is -2.45. The van der Waals surface area contributed by atoms with Gasteiger partial charge in [-0.2, -0.15) is 0 Å². The van der Waals surface area contributed by atoms with Gasteiger partial charge in [0.25, 0.3) is 0 Å². The Bertz CT molecular complexity index is 631. The monoisotopic (exact) mass is 360 g/mol. The molecule has 7 nitrogen and oxygen atoms in total. The molecule has 3 amide bonds. The van der Waals surface area contributed by atoms with Gasteiger partial charge < -0.3 is 19.9 Å². The maximum Gasteiger partial charge on any atom is 0.318 e. The van der Waals surface area contributed by atoms with E-state index in [1.807, 2.05) is 36.9 Å². The number of morpholine rings is 1. The molecule has 1 atom stereocenters. The summed E-state index contributed by atoms with van der Waals surface area (Å²) in [7, 11) is 0. The predicted octanol–water partition coefficient (Wildman–Crippen LogP) is 1.44. The number of urea groups is 1. The molecule has 0 aromatic carbocycles. The Hall–Kier alpha value is -2.15. The quantitative estimate of drug-likeness (QED) is 0.882. The molecule has 3 rings (SSSR count). The highest BCUT2D eigenvalue weighted by Gasteiger charge is 2.42. The van der Waals surface area contributed by atoms with Gasteiger partial charge in [0.05, 0.1) is 18.8 Å². The molecule has 142 valence electrons. The number of carbonyl (C=O) groups is 2. The standard InChI is InChI=1S/C19H28N4O3/c1-15(2)23-14-19(7-6-17(23)24,13-16-5-3-4-8-20-16)21-18(25)22-9-11-26-12-10-22/h3-5,8,15H,6-7,9-14H2,1-2H3,(H,21,25). The van der Waals surface area contributed by atoms with Gasteiger partial charge in [-0.3, -0.25) is 9.78 Å². The Morgan fingerprint density at radius 1 is 1.35 bits per heavy atom. The Morgan fingerprint density at radius 3 is 2.77 bits per heavy atom. The Balaban J connectivity index is 1.81. The minimum Gasteiger partial charge on any atom is -0.378 e. The summed E-state index contributed by atoms with van der Waals surface area (Å²) >= 11 is 0. The van der Waals surface area contributed by atoms with E-state index in [2.05, 4.69) is 10.3 Å². The number of pyridine rings is 1. The molecule has 0 aliphatic carbocycles. The van der Waals surface area contributed by atoms with Crippen LogP contribution in [0.25, 0.3) is 0 Å². The van der Waals surface area contributed by atoms with Crippen LogP contribution in [0, 0.1) is 0 Å². The van der Waals surface area contributed by atoms with Crippen LogP contribution in [0.5, 0.6) is 0 Å². The van der Waals surface area contributed by atoms with E-state index >= 15 is 0 Å². The molecule has 1 aromatic heterocycles. The van der Waals surface area contributed by atoms with E-state index < -0.39 is 5.54 Å². The first kappa shape index (κ1) is 18.6. The first-order chi connectivity index (χ1) is 12.5. The summed E-state index contributed by atoms with van der Waals surface area (Å²) in [6, 6.07) is 5.83. The fraction of sp³-hybridized carbons (Fsp3) is 0.632. The number of rotatable bonds is 4. The van der Waals surface area contributed by atoms with Crippen LogP contribution in [0.3, 0.4) is 0 Å². The summed E-state index contributed by atoms with van der Waals surface area (Å²) < 4.78 is 5.34. The van der Waals surface area contributed by atoms with Crippen LogP contribution < -0.4 is 5.32 Å². The maximum absolute atomic E-state index is 12.9. The molecule has 26 heavy (non-hydrogen) atoms. The van der Waals surface area contributed by atoms with Gasteiger partial charge in [0.2, 0.25) is 5.91 Å². The smallest absolute Gasteiger partial charge is 0.318 e. The Kier molecular flexibility index (Phi) is 5.76. The van der Waals surface area contributed by atoms with Gasteiger partial charge in [-0.25, -0.2) is 4.79 Å². The third kappa shape index (κ3) is 4.33. The average Bonchev–Trinajstić information content (AvgIpc) is 2.65. The minimum atomic E-state index is -0.498. The van der Waals surface area contributed by atoms with Crippen molar-refractivity contribution in [3.05, 3.63) is 30.1 Å². The van der Waals surface area contributed by atoms with Crippen LogP contribution in [0.15, 0.2) is 24.4 Å². The molecule has 7 heteroatoms. The summed E-state index contributed by atoms with van der Waals surface area (Å²) in [4.78, 5) is 33.3. The zero-order valence-corrected chi connectivity index (χ0v) is 15.6. The van der Waals surface area contributed by atoms with E-state index in [4.69, 9.17) is 4.74 Å². The van der Waals surface area contributed by atoms with Gasteiger partial charge in [-0.1, -0.05) is 6.07 Å². The normalized spacial score (nSPS) is 24.0. The van der Waals surface area contributed by atoms with Gasteiger partial charge >= 0.3 is 6.03 Å². The summed E-state index contributed by atoms with van der Waals surface area (Å²) in [5.74, 6) is 0.150. The lowest BCUT2D eigenvalue weighted by atomic mass is 9.83. The number of ether oxygens (including phenoxy) is 1. The highest BCUT2D eigenvalue weighted by atomic mass is 16.5. The van der Waals surface area contributed by atoms with E-state index in [-0.39, 0.29) is 18.0 Å². The van der Waals surface area contributed by atoms with Crippen LogP contribution in [0.2, 0.25) is 0 Å². The lowest BCUT2D eigenvalue weighted by Crippen LogP contribution is -2.64. The number of hydrogen-bond donors (Lipinski definition) is 1. The number of nitrogens with one attached hydrogen (secondary N) is 1. The first-order valence-corrected chi connectivity index (χ1v) is 9.33. The Morgan fingerprint density at radius 2 is 2.12 bits per heavy atom. The molecular formula is C19H28N4O3. The van der Waals surface area contributed by atoms with Crippen molar-refractivity contribution < 1.29 is 14.3 Å². The minimum absolute atomic E-state index is 0.0812. The van der Waals surface area contributed by atoms with Crippen molar-refractivity contribution in [1.29, 1.82) is 0 Å². The van der Waals surface area contributed by atoms with Crippen LogP contribution in [-0.2, 0) is 16.0 Å². The van der Waals surface area contributed by atoms with Gasteiger partial charge in [-0.15, -0.1) is 0 Å². The zero-order valence-electron chi connectivity index (χ0n) is 15.6. The van der Waals surface area contributed by atoms with Crippen molar-refractivity contribution in [2.24, 2.45) is 0 Å². The molecule has 2 aliphatic heterocycles. The molecule has 0 spiro atoms. The molecule has 2 fully saturated rings. The van der Waals surface area contributed by atoms with E-state index in [0.717, 1.165) is 5.69 Å². The van der Waals surface area contributed by atoms with Crippen molar-refractivity contribution in [2.45, 2.75) is 44.7 Å². The summed E-state index contributed by atoms with van der Waals surface area (Å²) in [6.07, 6.45) is 3.44. The number of likely N-dealkylation sites (tertiary alicyclic amines) is 1. The van der Waals surface area contributed by atoms with Gasteiger partial charge in [0.1, 0.15) is 0 Å². The number of amides is 3. The fourth-order valence-electron chi connectivity index (χ4n) is 3.67. The molecule has 2 aliphatic rings. The topological polar surface area (TPSA) is 74.8 Å². The molecule has 1 N–H and O–H groups in total. The summed E-state index contributed by atoms with van der Waals surface area (Å²) in [5.41, 5.74) is 0.426. The first-order valence-electron chi connectivity index (χ1n) is 9.33. The van der Waals surface area contributed by atoms with Gasteiger partial charge in [-0.05, 0) is 32.4 Å². The van der Waals surface area contributed by atoms with Crippen molar-refractivity contribution in [1.82, 2.24) is 20.1 Å². The largest absolute Gasteiger partial charge is 0.378 e. The molecule has 0 bridgehead atoms. The third-order valence-corrected chi connectivity index (χ3v) is 5.15. The second-order valence-electron chi connectivity index (χ2n) is 7.42. The molecule has 2 saturated heterocycles. The summed E-state index contributed by atoms with van der Waals surface area (Å²) in [6.45, 7) is 6.86. The average molecular weight is 360 g/mol. The van der Waals surface area contributed by atoms with E-state index in [0.29, 0.717) is 52.1 Å². The molecular weight excluding hydrogens is 332 g/mol. The second kappa shape index (κ2) is 8.03. The predicted molar refractivity (Wildman–Crippen MR) is 97.7 cm³/mol. The molecule has 1 aromatic rings. The fourth-order valence-corrected chi connectivity index (χ4v) is 3.67. The van der Waals surface area contributed by atoms with Crippen LogP contribution in [0.4, 0.5) is 4.79 Å². The van der Waals surface area contributed by atoms with Crippen LogP contribution in [0.1, 0.15) is 32.4 Å². The lowest BCUT2D eigenvalue weighted by molar-refractivity contribution is -0.137. The van der Waals surface area contributed by atoms with Crippen molar-refractivity contribution >= 4 is 11.9 Å². The van der Waals surface area contributed by atoms with E-state index in [1.54, 1.807) is 11.1 Å². The molecule has 0 saturated carbocycles. The van der Waals surface area contributed by atoms with Crippen LogP contribution >= 0.6 is 0 Å². The SMILES string of the molecule is CC(C)N1CC(Cc2ccccn2)(NC(=O)N2CCOCC2)CCC1=O. The molecule has 1 unspecified atom stereocenters. The van der Waals surface area contributed by atoms with Crippen LogP contribution in [-0.4, -0.2) is 71.2 Å². The van der Waals surface area contributed by atoms with Crippen molar-refractivity contribution in [3.63, 3.8) is 0 Å². The number of hydrogen-bond acceptors (Lipinski definition) is 4.